The van der Waals surface area contributed by atoms with E-state index >= 15 is 0 Å². The molecule has 0 nitrogen and oxygen atoms in total. The Morgan fingerprint density at radius 1 is 1.00 bits per heavy atom. The van der Waals surface area contributed by atoms with E-state index < -0.39 is 19.8 Å². The van der Waals surface area contributed by atoms with Crippen LogP contribution >= 0.6 is 19.8 Å². The molecule has 1 saturated heterocycles. The van der Waals surface area contributed by atoms with E-state index in [0.29, 0.717) is 0 Å². The van der Waals surface area contributed by atoms with Gasteiger partial charge in [0.1, 0.15) is 0 Å². The maximum absolute atomic E-state index is 2.66. The van der Waals surface area contributed by atoms with Crippen LogP contribution in [0.4, 0.5) is 0 Å². The first-order valence-electron chi connectivity index (χ1n) is 6.98. The summed E-state index contributed by atoms with van der Waals surface area (Å²) in [6.45, 7) is 2.53. The molecule has 0 N–H and O–H groups in total. The Balaban J connectivity index is 2.01. The van der Waals surface area contributed by atoms with Crippen molar-refractivity contribution in [1.29, 1.82) is 0 Å². The van der Waals surface area contributed by atoms with Crippen LogP contribution in [0.3, 0.4) is 0 Å². The first kappa shape index (κ1) is 12.9. The van der Waals surface area contributed by atoms with Gasteiger partial charge >= 0.3 is 109 Å². The molecule has 16 heavy (non-hydrogen) atoms. The summed E-state index contributed by atoms with van der Waals surface area (Å²) >= 11 is -0.555. The first-order valence-corrected chi connectivity index (χ1v) is 11.9. The van der Waals surface area contributed by atoms with Crippen LogP contribution in [0.5, 0.6) is 0 Å². The van der Waals surface area contributed by atoms with Crippen molar-refractivity contribution in [3.63, 3.8) is 0 Å². The number of rotatable bonds is 1. The molecule has 2 rings (SSSR count). The molecule has 3 unspecified atom stereocenters. The molecule has 0 aromatic heterocycles. The second kappa shape index (κ2) is 6.42. The topological polar surface area (TPSA) is 0 Å². The fraction of sp³-hybridized carbons (Fsp3) is 0.867. The molecule has 94 valence electrons. The summed E-state index contributed by atoms with van der Waals surface area (Å²) in [5.74, 6) is 2.08. The van der Waals surface area contributed by atoms with Gasteiger partial charge in [-0.25, -0.2) is 0 Å². The van der Waals surface area contributed by atoms with Crippen LogP contribution in [0.1, 0.15) is 51.9 Å². The molecule has 0 bridgehead atoms. The van der Waals surface area contributed by atoms with Gasteiger partial charge < -0.3 is 0 Å². The normalized spacial score (nSPS) is 41.1. The Morgan fingerprint density at radius 2 is 1.75 bits per heavy atom. The molecule has 0 aromatic carbocycles. The molecule has 1 heteroatoms. The van der Waals surface area contributed by atoms with Gasteiger partial charge in [-0.2, -0.15) is 0 Å². The molecule has 0 radical (unpaired) electrons. The van der Waals surface area contributed by atoms with E-state index in [-0.39, 0.29) is 0 Å². The summed E-state index contributed by atoms with van der Waals surface area (Å²) in [5, 5.41) is 0. The Labute approximate surface area is 109 Å². The zero-order chi connectivity index (χ0) is 11.4. The van der Waals surface area contributed by atoms with Crippen LogP contribution in [0.2, 0.25) is 0 Å². The Hall–Kier alpha value is 0.470. The molecule has 1 aliphatic heterocycles. The van der Waals surface area contributed by atoms with Crippen molar-refractivity contribution in [2.45, 2.75) is 55.8 Å². The number of hydrogen-bond acceptors (Lipinski definition) is 0. The Bertz CT molecular complexity index is 234. The molecule has 0 spiro atoms. The van der Waals surface area contributed by atoms with E-state index in [4.69, 9.17) is 0 Å². The Morgan fingerprint density at radius 3 is 2.50 bits per heavy atom. The summed E-state index contributed by atoms with van der Waals surface area (Å²) in [5.41, 5.74) is 0. The number of halogens is 1. The monoisotopic (exact) mass is 334 g/mol. The van der Waals surface area contributed by atoms with Crippen molar-refractivity contribution in [1.82, 2.24) is 0 Å². The van der Waals surface area contributed by atoms with Crippen molar-refractivity contribution in [3.8, 4) is 0 Å². The van der Waals surface area contributed by atoms with E-state index in [1.54, 1.807) is 17.3 Å². The van der Waals surface area contributed by atoms with E-state index in [2.05, 4.69) is 24.0 Å². The third-order valence-electron chi connectivity index (χ3n) is 4.46. The number of alkyl halides is 3. The molecule has 1 heterocycles. The van der Waals surface area contributed by atoms with Gasteiger partial charge in [0.05, 0.1) is 0 Å². The van der Waals surface area contributed by atoms with Gasteiger partial charge in [0.25, 0.3) is 0 Å². The van der Waals surface area contributed by atoms with E-state index in [1.807, 2.05) is 0 Å². The molecular weight excluding hydrogens is 307 g/mol. The van der Waals surface area contributed by atoms with Gasteiger partial charge in [0, 0.05) is 0 Å². The van der Waals surface area contributed by atoms with Crippen LogP contribution in [-0.2, 0) is 0 Å². The average molecular weight is 334 g/mol. The standard InChI is InChI=1S/C15H27I/c1-13-9-5-3-4-6-10-14(13)15-11-7-8-12-16(15)2/h3-4,13-15H,5-12H2,1-2H3/b4-3-. The third-order valence-corrected chi connectivity index (χ3v) is 11.2. The fourth-order valence-corrected chi connectivity index (χ4v) is 10.1. The second-order valence-corrected chi connectivity index (χ2v) is 11.9. The van der Waals surface area contributed by atoms with Crippen molar-refractivity contribution in [2.75, 3.05) is 9.36 Å². The predicted molar refractivity (Wildman–Crippen MR) is 82.7 cm³/mol. The molecule has 1 aliphatic carbocycles. The minimum atomic E-state index is -0.555. The summed E-state index contributed by atoms with van der Waals surface area (Å²) < 4.78 is 2.84. The number of hydrogen-bond donors (Lipinski definition) is 0. The van der Waals surface area contributed by atoms with Gasteiger partial charge in [-0.1, -0.05) is 0 Å². The molecule has 0 saturated carbocycles. The van der Waals surface area contributed by atoms with Crippen LogP contribution in [-0.4, -0.2) is 13.3 Å². The van der Waals surface area contributed by atoms with Gasteiger partial charge in [0.15, 0.2) is 0 Å². The predicted octanol–water partition coefficient (Wildman–Crippen LogP) is 5.06. The fourth-order valence-electron chi connectivity index (χ4n) is 3.38. The second-order valence-electron chi connectivity index (χ2n) is 5.61. The van der Waals surface area contributed by atoms with E-state index in [1.165, 1.54) is 36.0 Å². The molecule has 1 fully saturated rings. The first-order chi connectivity index (χ1) is 7.79. The molecular formula is C15H27I. The molecule has 3 atom stereocenters. The van der Waals surface area contributed by atoms with Gasteiger partial charge in [0.2, 0.25) is 0 Å². The van der Waals surface area contributed by atoms with Crippen LogP contribution < -0.4 is 0 Å². The SMILES string of the molecule is CC1CC/C=C\CCC1C1CCCCI1C. The zero-order valence-electron chi connectivity index (χ0n) is 10.9. The van der Waals surface area contributed by atoms with Crippen molar-refractivity contribution in [2.24, 2.45) is 11.8 Å². The summed E-state index contributed by atoms with van der Waals surface area (Å²) in [7, 11) is 0. The van der Waals surface area contributed by atoms with E-state index in [0.717, 1.165) is 11.8 Å². The summed E-state index contributed by atoms with van der Waals surface area (Å²) in [6.07, 6.45) is 15.2. The van der Waals surface area contributed by atoms with Crippen molar-refractivity contribution < 1.29 is 0 Å². The van der Waals surface area contributed by atoms with Gasteiger partial charge in [-0.05, 0) is 0 Å². The summed E-state index contributed by atoms with van der Waals surface area (Å²) in [6, 6.07) is 0. The quantitative estimate of drug-likeness (QED) is 0.357. The van der Waals surface area contributed by atoms with Crippen LogP contribution in [0.25, 0.3) is 0 Å². The Kier molecular flexibility index (Phi) is 5.18. The number of allylic oxidation sites excluding steroid dienone is 2. The summed E-state index contributed by atoms with van der Waals surface area (Å²) in [4.78, 5) is 2.66. The van der Waals surface area contributed by atoms with E-state index in [9.17, 15) is 0 Å². The minimum absolute atomic E-state index is 0.555. The third kappa shape index (κ3) is 3.24. The molecule has 0 aromatic rings. The van der Waals surface area contributed by atoms with Crippen LogP contribution in [0.15, 0.2) is 12.2 Å². The van der Waals surface area contributed by atoms with Crippen LogP contribution in [0, 0.1) is 11.8 Å². The molecule has 0 amide bonds. The zero-order valence-corrected chi connectivity index (χ0v) is 13.1. The van der Waals surface area contributed by atoms with Crippen molar-refractivity contribution >= 4 is 19.8 Å². The van der Waals surface area contributed by atoms with Gasteiger partial charge in [-0.3, -0.25) is 0 Å². The molecule has 2 aliphatic rings. The van der Waals surface area contributed by atoms with Crippen molar-refractivity contribution in [3.05, 3.63) is 12.2 Å². The average Bonchev–Trinajstić information content (AvgIpc) is 2.26. The van der Waals surface area contributed by atoms with Gasteiger partial charge in [-0.15, -0.1) is 0 Å². The maximum atomic E-state index is 2.66.